The van der Waals surface area contributed by atoms with E-state index in [1.807, 2.05) is 24.3 Å². The van der Waals surface area contributed by atoms with Crippen molar-refractivity contribution < 1.29 is 9.42 Å². The van der Waals surface area contributed by atoms with Crippen molar-refractivity contribution in [2.45, 2.75) is 0 Å². The fraction of sp³-hybridized carbons (Fsp3) is 0.308. The van der Waals surface area contributed by atoms with Gasteiger partial charge in [0.1, 0.15) is 0 Å². The molecule has 3 rings (SSSR count). The van der Waals surface area contributed by atoms with E-state index < -0.39 is 0 Å². The smallest absolute Gasteiger partial charge is 0.280 e. The lowest BCUT2D eigenvalue weighted by molar-refractivity contribution is 0.0736. The number of hydrogen-bond acceptors (Lipinski definition) is 6. The van der Waals surface area contributed by atoms with E-state index in [2.05, 4.69) is 19.8 Å². The van der Waals surface area contributed by atoms with Crippen LogP contribution in [-0.4, -0.2) is 47.3 Å². The topological polar surface area (TPSA) is 88.5 Å². The van der Waals surface area contributed by atoms with Crippen LogP contribution in [0.4, 0.5) is 11.5 Å². The van der Waals surface area contributed by atoms with Crippen molar-refractivity contribution >= 4 is 29.0 Å². The van der Waals surface area contributed by atoms with E-state index in [-0.39, 0.29) is 17.4 Å². The Morgan fingerprint density at radius 1 is 1.14 bits per heavy atom. The third kappa shape index (κ3) is 2.78. The molecule has 1 aromatic carbocycles. The molecule has 0 radical (unpaired) electrons. The highest BCUT2D eigenvalue weighted by Gasteiger charge is 2.26. The first-order chi connectivity index (χ1) is 10.1. The van der Waals surface area contributed by atoms with Gasteiger partial charge in [0, 0.05) is 36.9 Å². The van der Waals surface area contributed by atoms with Gasteiger partial charge in [-0.2, -0.15) is 0 Å². The monoisotopic (exact) mass is 307 g/mol. The minimum Gasteiger partial charge on any atom is -0.379 e. The zero-order valence-electron chi connectivity index (χ0n) is 11.2. The summed E-state index contributed by atoms with van der Waals surface area (Å²) < 4.78 is 4.46. The second kappa shape index (κ2) is 5.61. The summed E-state index contributed by atoms with van der Waals surface area (Å²) in [4.78, 5) is 16.1. The Morgan fingerprint density at radius 3 is 2.38 bits per heavy atom. The molecule has 0 saturated carbocycles. The Labute approximate surface area is 126 Å². The van der Waals surface area contributed by atoms with Crippen LogP contribution in [0.2, 0.25) is 5.02 Å². The van der Waals surface area contributed by atoms with Crippen molar-refractivity contribution in [2.24, 2.45) is 0 Å². The highest BCUT2D eigenvalue weighted by Crippen LogP contribution is 2.20. The Morgan fingerprint density at radius 2 is 1.81 bits per heavy atom. The highest BCUT2D eigenvalue weighted by molar-refractivity contribution is 6.30. The largest absolute Gasteiger partial charge is 0.379 e. The van der Waals surface area contributed by atoms with Crippen molar-refractivity contribution in [3.8, 4) is 0 Å². The van der Waals surface area contributed by atoms with Gasteiger partial charge in [-0.3, -0.25) is 4.79 Å². The Kier molecular flexibility index (Phi) is 3.66. The highest BCUT2D eigenvalue weighted by atomic mass is 35.5. The molecule has 1 aliphatic heterocycles. The number of rotatable bonds is 2. The van der Waals surface area contributed by atoms with E-state index in [9.17, 15) is 4.79 Å². The van der Waals surface area contributed by atoms with Crippen molar-refractivity contribution in [3.05, 3.63) is 35.0 Å². The standard InChI is InChI=1S/C13H14ClN5O2/c14-9-1-3-10(4-2-9)18-5-7-19(8-6-18)13(20)11-12(15)17-21-16-11/h1-4H,5-8H2,(H2,15,17). The number of carbonyl (C=O) groups is 1. The average Bonchev–Trinajstić information content (AvgIpc) is 2.94. The predicted octanol–water partition coefficient (Wildman–Crippen LogP) is 1.27. The van der Waals surface area contributed by atoms with E-state index in [0.717, 1.165) is 18.8 Å². The maximum atomic E-state index is 12.2. The molecule has 0 unspecified atom stereocenters. The molecule has 110 valence electrons. The minimum absolute atomic E-state index is 0.0279. The second-order valence-corrected chi connectivity index (χ2v) is 5.19. The van der Waals surface area contributed by atoms with Crippen molar-refractivity contribution in [3.63, 3.8) is 0 Å². The number of hydrogen-bond donors (Lipinski definition) is 1. The molecule has 0 bridgehead atoms. The zero-order valence-corrected chi connectivity index (χ0v) is 12.0. The molecule has 0 atom stereocenters. The molecule has 1 amide bonds. The summed E-state index contributed by atoms with van der Waals surface area (Å²) in [6.07, 6.45) is 0. The van der Waals surface area contributed by atoms with Crippen LogP contribution >= 0.6 is 11.6 Å². The van der Waals surface area contributed by atoms with Gasteiger partial charge in [0.25, 0.3) is 5.91 Å². The molecular weight excluding hydrogens is 294 g/mol. The SMILES string of the molecule is Nc1nonc1C(=O)N1CCN(c2ccc(Cl)cc2)CC1. The number of nitrogen functional groups attached to an aromatic ring is 1. The lowest BCUT2D eigenvalue weighted by atomic mass is 10.2. The molecule has 2 N–H and O–H groups in total. The second-order valence-electron chi connectivity index (χ2n) is 4.75. The van der Waals surface area contributed by atoms with E-state index in [1.54, 1.807) is 4.90 Å². The van der Waals surface area contributed by atoms with Crippen LogP contribution in [0, 0.1) is 0 Å². The molecule has 7 nitrogen and oxygen atoms in total. The van der Waals surface area contributed by atoms with Gasteiger partial charge in [0.15, 0.2) is 0 Å². The van der Waals surface area contributed by atoms with Crippen LogP contribution in [-0.2, 0) is 0 Å². The number of nitrogens with two attached hydrogens (primary N) is 1. The summed E-state index contributed by atoms with van der Waals surface area (Å²) in [5.41, 5.74) is 6.71. The number of carbonyl (C=O) groups excluding carboxylic acids is 1. The lowest BCUT2D eigenvalue weighted by Gasteiger charge is -2.35. The van der Waals surface area contributed by atoms with Gasteiger partial charge < -0.3 is 15.5 Å². The molecule has 2 aromatic rings. The van der Waals surface area contributed by atoms with Gasteiger partial charge in [-0.15, -0.1) is 0 Å². The normalized spacial score (nSPS) is 15.3. The summed E-state index contributed by atoms with van der Waals surface area (Å²) in [5.74, 6) is -0.218. The van der Waals surface area contributed by atoms with Gasteiger partial charge in [-0.1, -0.05) is 11.6 Å². The maximum Gasteiger partial charge on any atom is 0.280 e. The van der Waals surface area contributed by atoms with Crippen molar-refractivity contribution in [1.29, 1.82) is 0 Å². The van der Waals surface area contributed by atoms with Crippen molar-refractivity contribution in [1.82, 2.24) is 15.2 Å². The Bertz CT molecular complexity index is 634. The molecule has 21 heavy (non-hydrogen) atoms. The third-order valence-corrected chi connectivity index (χ3v) is 3.73. The van der Waals surface area contributed by atoms with Gasteiger partial charge in [-0.25, -0.2) is 4.63 Å². The molecular formula is C13H14ClN5O2. The minimum atomic E-state index is -0.246. The molecule has 1 aliphatic rings. The van der Waals surface area contributed by atoms with Crippen LogP contribution in [0.5, 0.6) is 0 Å². The summed E-state index contributed by atoms with van der Waals surface area (Å²) in [5, 5.41) is 7.68. The molecule has 1 aromatic heterocycles. The molecule has 2 heterocycles. The van der Waals surface area contributed by atoms with Crippen LogP contribution < -0.4 is 10.6 Å². The molecule has 1 fully saturated rings. The number of piperazine rings is 1. The summed E-state index contributed by atoms with van der Waals surface area (Å²) in [6, 6.07) is 7.66. The zero-order chi connectivity index (χ0) is 14.8. The summed E-state index contributed by atoms with van der Waals surface area (Å²) in [6.45, 7) is 2.65. The van der Waals surface area contributed by atoms with Gasteiger partial charge in [-0.05, 0) is 34.6 Å². The summed E-state index contributed by atoms with van der Waals surface area (Å²) >= 11 is 5.88. The van der Waals surface area contributed by atoms with E-state index in [1.165, 1.54) is 0 Å². The average molecular weight is 308 g/mol. The van der Waals surface area contributed by atoms with Crippen LogP contribution in [0.25, 0.3) is 0 Å². The maximum absolute atomic E-state index is 12.2. The van der Waals surface area contributed by atoms with Crippen LogP contribution in [0.1, 0.15) is 10.5 Å². The first kappa shape index (κ1) is 13.7. The number of nitrogens with zero attached hydrogens (tertiary/aromatic N) is 4. The third-order valence-electron chi connectivity index (χ3n) is 3.48. The van der Waals surface area contributed by atoms with E-state index in [0.29, 0.717) is 18.1 Å². The van der Waals surface area contributed by atoms with Gasteiger partial charge in [0.05, 0.1) is 0 Å². The first-order valence-electron chi connectivity index (χ1n) is 6.53. The number of aromatic nitrogens is 2. The molecule has 1 saturated heterocycles. The van der Waals surface area contributed by atoms with Gasteiger partial charge >= 0.3 is 0 Å². The quantitative estimate of drug-likeness (QED) is 0.898. The molecule has 0 aliphatic carbocycles. The predicted molar refractivity (Wildman–Crippen MR) is 78.3 cm³/mol. The van der Waals surface area contributed by atoms with Crippen molar-refractivity contribution in [2.75, 3.05) is 36.8 Å². The lowest BCUT2D eigenvalue weighted by Crippen LogP contribution is -2.49. The summed E-state index contributed by atoms with van der Waals surface area (Å²) in [7, 11) is 0. The number of anilines is 2. The number of halogens is 1. The Balaban J connectivity index is 1.64. The first-order valence-corrected chi connectivity index (χ1v) is 6.91. The molecule has 0 spiro atoms. The Hall–Kier alpha value is -2.28. The van der Waals surface area contributed by atoms with Crippen LogP contribution in [0.15, 0.2) is 28.9 Å². The number of amides is 1. The van der Waals surface area contributed by atoms with Crippen LogP contribution in [0.3, 0.4) is 0 Å². The van der Waals surface area contributed by atoms with E-state index >= 15 is 0 Å². The van der Waals surface area contributed by atoms with E-state index in [4.69, 9.17) is 17.3 Å². The van der Waals surface area contributed by atoms with Gasteiger partial charge in [0.2, 0.25) is 11.5 Å². The fourth-order valence-corrected chi connectivity index (χ4v) is 2.44. The fourth-order valence-electron chi connectivity index (χ4n) is 2.31. The number of benzene rings is 1. The molecule has 8 heteroatoms.